The number of anilines is 1. The lowest BCUT2D eigenvalue weighted by Gasteiger charge is -2.18. The number of aromatic nitrogens is 2. The number of rotatable bonds is 4. The summed E-state index contributed by atoms with van der Waals surface area (Å²) >= 11 is 2.99. The molecule has 0 spiro atoms. The largest absolute Gasteiger partial charge is 0.462 e. The number of fused-ring (bicyclic) bond motifs is 2. The molecule has 1 unspecified atom stereocenters. The van der Waals surface area contributed by atoms with E-state index >= 15 is 0 Å². The number of carbonyl (C=O) groups is 2. The monoisotopic (exact) mass is 403 g/mol. The molecule has 0 aliphatic heterocycles. The lowest BCUT2D eigenvalue weighted by atomic mass is 9.88. The molecular weight excluding hydrogens is 382 g/mol. The standard InChI is InChI=1S/C19H21N3O3S2/c1-4-25-18(24)15-12-6-5-10(2)7-14(12)27-17(15)21-16(23)13-8-22-11(3)9-26-19(22)20-13/h8-10H,4-7H2,1-3H3,(H,21,23). The Hall–Kier alpha value is -2.19. The number of imidazole rings is 1. The van der Waals surface area contributed by atoms with Gasteiger partial charge in [0.15, 0.2) is 4.96 Å². The Morgan fingerprint density at radius 2 is 2.26 bits per heavy atom. The Bertz CT molecular complexity index is 1030. The Labute approximate surface area is 165 Å². The fraction of sp³-hybridized carbons (Fsp3) is 0.421. The topological polar surface area (TPSA) is 72.7 Å². The van der Waals surface area contributed by atoms with Crippen molar-refractivity contribution >= 4 is 44.5 Å². The third-order valence-corrected chi connectivity index (χ3v) is 6.97. The highest BCUT2D eigenvalue weighted by molar-refractivity contribution is 7.17. The van der Waals surface area contributed by atoms with E-state index in [9.17, 15) is 9.59 Å². The van der Waals surface area contributed by atoms with Crippen LogP contribution in [0.2, 0.25) is 0 Å². The molecule has 4 rings (SSSR count). The Morgan fingerprint density at radius 3 is 3.00 bits per heavy atom. The van der Waals surface area contributed by atoms with Crippen LogP contribution < -0.4 is 5.32 Å². The summed E-state index contributed by atoms with van der Waals surface area (Å²) in [5, 5.41) is 5.49. The lowest BCUT2D eigenvalue weighted by Crippen LogP contribution is -2.17. The molecule has 0 aromatic carbocycles. The van der Waals surface area contributed by atoms with E-state index in [4.69, 9.17) is 4.74 Å². The van der Waals surface area contributed by atoms with Crippen molar-refractivity contribution in [3.8, 4) is 0 Å². The van der Waals surface area contributed by atoms with Crippen LogP contribution in [0.4, 0.5) is 5.00 Å². The molecule has 1 N–H and O–H groups in total. The molecule has 142 valence electrons. The quantitative estimate of drug-likeness (QED) is 0.659. The van der Waals surface area contributed by atoms with Crippen LogP contribution in [0.3, 0.4) is 0 Å². The first-order valence-electron chi connectivity index (χ1n) is 9.04. The van der Waals surface area contributed by atoms with Gasteiger partial charge in [0.05, 0.1) is 12.2 Å². The van der Waals surface area contributed by atoms with E-state index < -0.39 is 0 Å². The summed E-state index contributed by atoms with van der Waals surface area (Å²) in [6.07, 6.45) is 4.55. The third kappa shape index (κ3) is 3.27. The van der Waals surface area contributed by atoms with Gasteiger partial charge in [-0.25, -0.2) is 9.78 Å². The Balaban J connectivity index is 1.67. The minimum atomic E-state index is -0.360. The lowest BCUT2D eigenvalue weighted by molar-refractivity contribution is 0.0526. The highest BCUT2D eigenvalue weighted by atomic mass is 32.1. The maximum Gasteiger partial charge on any atom is 0.341 e. The van der Waals surface area contributed by atoms with E-state index in [0.29, 0.717) is 28.8 Å². The van der Waals surface area contributed by atoms with Gasteiger partial charge < -0.3 is 10.1 Å². The van der Waals surface area contributed by atoms with Crippen LogP contribution in [-0.4, -0.2) is 27.9 Å². The first kappa shape index (κ1) is 18.2. The predicted molar refractivity (Wildman–Crippen MR) is 107 cm³/mol. The summed E-state index contributed by atoms with van der Waals surface area (Å²) in [5.74, 6) is -0.0818. The molecule has 3 aromatic heterocycles. The summed E-state index contributed by atoms with van der Waals surface area (Å²) in [7, 11) is 0. The van der Waals surface area contributed by atoms with E-state index in [1.807, 2.05) is 16.7 Å². The van der Waals surface area contributed by atoms with Crippen LogP contribution in [0, 0.1) is 12.8 Å². The third-order valence-electron chi connectivity index (χ3n) is 4.84. The molecule has 0 fully saturated rings. The molecule has 0 radical (unpaired) electrons. The molecule has 1 atom stereocenters. The van der Waals surface area contributed by atoms with Crippen LogP contribution in [0.1, 0.15) is 57.2 Å². The number of carbonyl (C=O) groups excluding carboxylic acids is 2. The van der Waals surface area contributed by atoms with Gasteiger partial charge in [0.25, 0.3) is 5.91 Å². The highest BCUT2D eigenvalue weighted by Gasteiger charge is 2.29. The predicted octanol–water partition coefficient (Wildman–Crippen LogP) is 4.32. The molecule has 1 amide bonds. The van der Waals surface area contributed by atoms with Crippen molar-refractivity contribution in [2.24, 2.45) is 5.92 Å². The van der Waals surface area contributed by atoms with Crippen LogP contribution in [0.5, 0.6) is 0 Å². The first-order chi connectivity index (χ1) is 13.0. The van der Waals surface area contributed by atoms with Gasteiger partial charge in [-0.3, -0.25) is 9.20 Å². The van der Waals surface area contributed by atoms with Crippen molar-refractivity contribution in [2.75, 3.05) is 11.9 Å². The summed E-state index contributed by atoms with van der Waals surface area (Å²) in [5.41, 5.74) is 2.94. The maximum absolute atomic E-state index is 12.8. The highest BCUT2D eigenvalue weighted by Crippen LogP contribution is 2.40. The number of hydrogen-bond acceptors (Lipinski definition) is 6. The summed E-state index contributed by atoms with van der Waals surface area (Å²) in [6.45, 7) is 6.28. The van der Waals surface area contributed by atoms with Gasteiger partial charge in [0.1, 0.15) is 10.7 Å². The molecule has 0 saturated carbocycles. The minimum absolute atomic E-state index is 0.303. The smallest absolute Gasteiger partial charge is 0.341 e. The zero-order chi connectivity index (χ0) is 19.1. The normalized spacial score (nSPS) is 16.3. The summed E-state index contributed by atoms with van der Waals surface area (Å²) in [6, 6.07) is 0. The second-order valence-electron chi connectivity index (χ2n) is 6.89. The number of hydrogen-bond donors (Lipinski definition) is 1. The zero-order valence-corrected chi connectivity index (χ0v) is 17.1. The Kier molecular flexibility index (Phi) is 4.77. The molecule has 27 heavy (non-hydrogen) atoms. The second kappa shape index (κ2) is 7.09. The molecule has 3 heterocycles. The molecule has 1 aliphatic carbocycles. The molecule has 0 saturated heterocycles. The number of nitrogens with one attached hydrogen (secondary N) is 1. The van der Waals surface area contributed by atoms with Crippen LogP contribution in [0.15, 0.2) is 11.6 Å². The number of aryl methyl sites for hydroxylation is 1. The van der Waals surface area contributed by atoms with E-state index in [1.54, 1.807) is 13.1 Å². The number of thiazole rings is 1. The fourth-order valence-electron chi connectivity index (χ4n) is 3.43. The van der Waals surface area contributed by atoms with Crippen molar-refractivity contribution in [2.45, 2.75) is 40.0 Å². The van der Waals surface area contributed by atoms with E-state index in [-0.39, 0.29) is 11.9 Å². The maximum atomic E-state index is 12.8. The Morgan fingerprint density at radius 1 is 1.44 bits per heavy atom. The van der Waals surface area contributed by atoms with E-state index in [0.717, 1.165) is 35.5 Å². The van der Waals surface area contributed by atoms with Crippen LogP contribution in [0.25, 0.3) is 4.96 Å². The summed E-state index contributed by atoms with van der Waals surface area (Å²) in [4.78, 5) is 31.7. The van der Waals surface area contributed by atoms with Crippen molar-refractivity contribution < 1.29 is 14.3 Å². The van der Waals surface area contributed by atoms with Gasteiger partial charge in [-0.15, -0.1) is 22.7 Å². The van der Waals surface area contributed by atoms with Crippen molar-refractivity contribution in [1.82, 2.24) is 9.38 Å². The fourth-order valence-corrected chi connectivity index (χ4v) is 5.67. The molecule has 1 aliphatic rings. The average Bonchev–Trinajstić information content (AvgIpc) is 3.28. The van der Waals surface area contributed by atoms with Gasteiger partial charge in [-0.05, 0) is 44.6 Å². The number of amides is 1. The molecular formula is C19H21N3O3S2. The van der Waals surface area contributed by atoms with Crippen molar-refractivity contribution in [3.05, 3.63) is 39.0 Å². The zero-order valence-electron chi connectivity index (χ0n) is 15.5. The number of ether oxygens (including phenoxy) is 1. The van der Waals surface area contributed by atoms with Gasteiger partial charge in [0.2, 0.25) is 0 Å². The van der Waals surface area contributed by atoms with E-state index in [1.165, 1.54) is 27.6 Å². The van der Waals surface area contributed by atoms with E-state index in [2.05, 4.69) is 17.2 Å². The van der Waals surface area contributed by atoms with Crippen LogP contribution >= 0.6 is 22.7 Å². The summed E-state index contributed by atoms with van der Waals surface area (Å²) < 4.78 is 7.15. The van der Waals surface area contributed by atoms with Gasteiger partial charge in [-0.2, -0.15) is 0 Å². The first-order valence-corrected chi connectivity index (χ1v) is 10.7. The van der Waals surface area contributed by atoms with Gasteiger partial charge in [-0.1, -0.05) is 6.92 Å². The molecule has 8 heteroatoms. The van der Waals surface area contributed by atoms with Gasteiger partial charge in [0, 0.05) is 22.1 Å². The number of thiophene rings is 1. The second-order valence-corrected chi connectivity index (χ2v) is 8.83. The number of nitrogens with zero attached hydrogens (tertiary/aromatic N) is 2. The molecule has 3 aromatic rings. The van der Waals surface area contributed by atoms with Gasteiger partial charge >= 0.3 is 5.97 Å². The SMILES string of the molecule is CCOC(=O)c1c(NC(=O)c2cn3c(C)csc3n2)sc2c1CCC(C)C2. The van der Waals surface area contributed by atoms with Crippen molar-refractivity contribution in [3.63, 3.8) is 0 Å². The molecule has 0 bridgehead atoms. The molecule has 6 nitrogen and oxygen atoms in total. The van der Waals surface area contributed by atoms with Crippen molar-refractivity contribution in [1.29, 1.82) is 0 Å². The number of esters is 1. The van der Waals surface area contributed by atoms with Crippen LogP contribution in [-0.2, 0) is 17.6 Å². The average molecular weight is 404 g/mol. The minimum Gasteiger partial charge on any atom is -0.462 e.